The molecule has 1 N–H and O–H groups in total. The maximum Gasteiger partial charge on any atom is 0.0470 e. The summed E-state index contributed by atoms with van der Waals surface area (Å²) in [5, 5.41) is 3.37. The first-order chi connectivity index (χ1) is 8.27. The summed E-state index contributed by atoms with van der Waals surface area (Å²) < 4.78 is 6.21. The molecule has 1 rings (SSSR count). The van der Waals surface area contributed by atoms with Crippen molar-refractivity contribution in [2.24, 2.45) is 0 Å². The summed E-state index contributed by atoms with van der Waals surface area (Å²) in [6.07, 6.45) is 1.10. The lowest BCUT2D eigenvalue weighted by molar-refractivity contribution is 0.200. The number of halogens is 1. The van der Waals surface area contributed by atoms with E-state index < -0.39 is 0 Å². The Labute approximate surface area is 117 Å². The summed E-state index contributed by atoms with van der Waals surface area (Å²) >= 11 is 5.43. The van der Waals surface area contributed by atoms with E-state index in [4.69, 9.17) is 4.74 Å². The normalized spacial score (nSPS) is 10.8. The van der Waals surface area contributed by atoms with Crippen molar-refractivity contribution in [1.82, 2.24) is 5.32 Å². The van der Waals surface area contributed by atoms with Gasteiger partial charge >= 0.3 is 0 Å². The van der Waals surface area contributed by atoms with Gasteiger partial charge in [-0.15, -0.1) is 11.8 Å². The summed E-state index contributed by atoms with van der Waals surface area (Å²) in [4.78, 5) is 1.37. The number of rotatable bonds is 8. The smallest absolute Gasteiger partial charge is 0.0470 e. The molecule has 96 valence electrons. The SMILES string of the molecule is CCNCc1cc(Br)ccc1SCCCOC. The van der Waals surface area contributed by atoms with Gasteiger partial charge in [0.15, 0.2) is 0 Å². The van der Waals surface area contributed by atoms with Crippen molar-refractivity contribution in [3.8, 4) is 0 Å². The first-order valence-electron chi connectivity index (χ1n) is 5.88. The molecule has 0 aliphatic rings. The zero-order chi connectivity index (χ0) is 12.5. The summed E-state index contributed by atoms with van der Waals surface area (Å²) in [6.45, 7) is 4.90. The molecule has 0 aromatic heterocycles. The summed E-state index contributed by atoms with van der Waals surface area (Å²) in [5.41, 5.74) is 1.36. The Morgan fingerprint density at radius 2 is 2.24 bits per heavy atom. The zero-order valence-electron chi connectivity index (χ0n) is 10.5. The lowest BCUT2D eigenvalue weighted by Crippen LogP contribution is -2.12. The molecule has 1 aromatic rings. The van der Waals surface area contributed by atoms with Gasteiger partial charge in [-0.05, 0) is 36.7 Å². The topological polar surface area (TPSA) is 21.3 Å². The van der Waals surface area contributed by atoms with Crippen molar-refractivity contribution in [1.29, 1.82) is 0 Å². The average molecular weight is 318 g/mol. The van der Waals surface area contributed by atoms with Crippen LogP contribution in [0.4, 0.5) is 0 Å². The third kappa shape index (κ3) is 5.91. The maximum atomic E-state index is 5.06. The van der Waals surface area contributed by atoms with Gasteiger partial charge in [-0.2, -0.15) is 0 Å². The van der Waals surface area contributed by atoms with E-state index in [9.17, 15) is 0 Å². The number of nitrogens with one attached hydrogen (secondary N) is 1. The zero-order valence-corrected chi connectivity index (χ0v) is 12.9. The predicted octanol–water partition coefficient (Wildman–Crippen LogP) is 3.69. The first-order valence-corrected chi connectivity index (χ1v) is 7.66. The van der Waals surface area contributed by atoms with Crippen LogP contribution in [0.1, 0.15) is 18.9 Å². The molecule has 0 amide bonds. The highest BCUT2D eigenvalue weighted by Gasteiger charge is 2.03. The molecule has 0 spiro atoms. The molecule has 0 saturated heterocycles. The van der Waals surface area contributed by atoms with Crippen LogP contribution in [0.25, 0.3) is 0 Å². The minimum atomic E-state index is 0.839. The van der Waals surface area contributed by atoms with Gasteiger partial charge in [0, 0.05) is 35.4 Å². The Bertz CT molecular complexity index is 333. The van der Waals surface area contributed by atoms with Crippen LogP contribution in [0, 0.1) is 0 Å². The second-order valence-corrected chi connectivity index (χ2v) is 5.78. The summed E-state index contributed by atoms with van der Waals surface area (Å²) in [5.74, 6) is 1.11. The molecular weight excluding hydrogens is 298 g/mol. The molecule has 2 nitrogen and oxygen atoms in total. The van der Waals surface area contributed by atoms with Crippen LogP contribution in [0.15, 0.2) is 27.6 Å². The van der Waals surface area contributed by atoms with Gasteiger partial charge in [-0.3, -0.25) is 0 Å². The van der Waals surface area contributed by atoms with Crippen molar-refractivity contribution in [2.45, 2.75) is 24.8 Å². The quantitative estimate of drug-likeness (QED) is 0.583. The molecule has 0 fully saturated rings. The summed E-state index contributed by atoms with van der Waals surface area (Å²) in [7, 11) is 1.75. The average Bonchev–Trinajstić information content (AvgIpc) is 2.34. The van der Waals surface area contributed by atoms with Gasteiger partial charge in [0.05, 0.1) is 0 Å². The van der Waals surface area contributed by atoms with Crippen LogP contribution < -0.4 is 5.32 Å². The fourth-order valence-electron chi connectivity index (χ4n) is 1.47. The molecule has 0 saturated carbocycles. The fraction of sp³-hybridized carbons (Fsp3) is 0.538. The molecule has 4 heteroatoms. The lowest BCUT2D eigenvalue weighted by Gasteiger charge is -2.10. The largest absolute Gasteiger partial charge is 0.385 e. The third-order valence-corrected chi connectivity index (χ3v) is 4.03. The predicted molar refractivity (Wildman–Crippen MR) is 78.7 cm³/mol. The van der Waals surface area contributed by atoms with Crippen LogP contribution in [0.3, 0.4) is 0 Å². The third-order valence-electron chi connectivity index (χ3n) is 2.34. The molecule has 0 unspecified atom stereocenters. The van der Waals surface area contributed by atoms with E-state index in [1.165, 1.54) is 10.5 Å². The van der Waals surface area contributed by atoms with E-state index in [-0.39, 0.29) is 0 Å². The number of hydrogen-bond donors (Lipinski definition) is 1. The second kappa shape index (κ2) is 8.97. The maximum absolute atomic E-state index is 5.06. The van der Waals surface area contributed by atoms with Crippen LogP contribution in [0.2, 0.25) is 0 Å². The Balaban J connectivity index is 2.55. The molecule has 17 heavy (non-hydrogen) atoms. The molecule has 0 atom stereocenters. The number of hydrogen-bond acceptors (Lipinski definition) is 3. The number of benzene rings is 1. The summed E-state index contributed by atoms with van der Waals surface area (Å²) in [6, 6.07) is 6.49. The lowest BCUT2D eigenvalue weighted by atomic mass is 10.2. The molecule has 1 aromatic carbocycles. The van der Waals surface area contributed by atoms with E-state index in [0.717, 1.165) is 36.3 Å². The standard InChI is InChI=1S/C13H20BrNOS/c1-3-15-10-11-9-12(14)5-6-13(11)17-8-4-7-16-2/h5-6,9,15H,3-4,7-8,10H2,1-2H3. The monoisotopic (exact) mass is 317 g/mol. The van der Waals surface area contributed by atoms with Crippen molar-refractivity contribution >= 4 is 27.7 Å². The van der Waals surface area contributed by atoms with Gasteiger partial charge in [-0.25, -0.2) is 0 Å². The van der Waals surface area contributed by atoms with Gasteiger partial charge in [-0.1, -0.05) is 22.9 Å². The molecular formula is C13H20BrNOS. The molecule has 0 aliphatic carbocycles. The van der Waals surface area contributed by atoms with Crippen molar-refractivity contribution in [2.75, 3.05) is 26.0 Å². The molecule has 0 bridgehead atoms. The number of methoxy groups -OCH3 is 1. The van der Waals surface area contributed by atoms with Gasteiger partial charge in [0.1, 0.15) is 0 Å². The first kappa shape index (κ1) is 15.0. The number of ether oxygens (including phenoxy) is 1. The molecule has 0 radical (unpaired) electrons. The van der Waals surface area contributed by atoms with Crippen LogP contribution in [0.5, 0.6) is 0 Å². The van der Waals surface area contributed by atoms with Crippen molar-refractivity contribution < 1.29 is 4.74 Å². The Morgan fingerprint density at radius 3 is 2.94 bits per heavy atom. The molecule has 0 aliphatic heterocycles. The Hall–Kier alpha value is -0.0300. The minimum absolute atomic E-state index is 0.839. The van der Waals surface area contributed by atoms with Gasteiger partial charge in [0.25, 0.3) is 0 Å². The van der Waals surface area contributed by atoms with Gasteiger partial charge < -0.3 is 10.1 Å². The van der Waals surface area contributed by atoms with E-state index >= 15 is 0 Å². The number of thioether (sulfide) groups is 1. The van der Waals surface area contributed by atoms with Crippen molar-refractivity contribution in [3.63, 3.8) is 0 Å². The minimum Gasteiger partial charge on any atom is -0.385 e. The van der Waals surface area contributed by atoms with Crippen LogP contribution in [-0.2, 0) is 11.3 Å². The molecule has 0 heterocycles. The van der Waals surface area contributed by atoms with E-state index in [1.807, 2.05) is 11.8 Å². The Kier molecular flexibility index (Phi) is 7.93. The highest BCUT2D eigenvalue weighted by Crippen LogP contribution is 2.26. The highest BCUT2D eigenvalue weighted by atomic mass is 79.9. The van der Waals surface area contributed by atoms with Gasteiger partial charge in [0.2, 0.25) is 0 Å². The second-order valence-electron chi connectivity index (χ2n) is 3.73. The van der Waals surface area contributed by atoms with E-state index in [2.05, 4.69) is 46.4 Å². The highest BCUT2D eigenvalue weighted by molar-refractivity contribution is 9.10. The van der Waals surface area contributed by atoms with E-state index in [1.54, 1.807) is 7.11 Å². The van der Waals surface area contributed by atoms with E-state index in [0.29, 0.717) is 0 Å². The van der Waals surface area contributed by atoms with Crippen LogP contribution >= 0.6 is 27.7 Å². The fourth-order valence-corrected chi connectivity index (χ4v) is 2.84. The Morgan fingerprint density at radius 1 is 1.41 bits per heavy atom. The van der Waals surface area contributed by atoms with Crippen LogP contribution in [-0.4, -0.2) is 26.0 Å². The van der Waals surface area contributed by atoms with Crippen molar-refractivity contribution in [3.05, 3.63) is 28.2 Å².